The number of rotatable bonds is 6. The SMILES string of the molecule is O=C(CCC1CCCC1)NCC(=O)N1CCC(C(=O)O)CC1. The van der Waals surface area contributed by atoms with Gasteiger partial charge in [0.25, 0.3) is 0 Å². The Morgan fingerprint density at radius 2 is 1.68 bits per heavy atom. The van der Waals surface area contributed by atoms with Crippen molar-refractivity contribution in [3.05, 3.63) is 0 Å². The van der Waals surface area contributed by atoms with Gasteiger partial charge in [-0.3, -0.25) is 14.4 Å². The predicted octanol–water partition coefficient (Wildman–Crippen LogP) is 1.40. The van der Waals surface area contributed by atoms with Gasteiger partial charge in [-0.1, -0.05) is 25.7 Å². The maximum Gasteiger partial charge on any atom is 0.306 e. The summed E-state index contributed by atoms with van der Waals surface area (Å²) in [5.74, 6) is -0.618. The summed E-state index contributed by atoms with van der Waals surface area (Å²) in [5, 5.41) is 11.6. The van der Waals surface area contributed by atoms with E-state index in [1.54, 1.807) is 4.90 Å². The standard InChI is InChI=1S/C16H26N2O4/c19-14(6-5-12-3-1-2-4-12)17-11-15(20)18-9-7-13(8-10-18)16(21)22/h12-13H,1-11H2,(H,17,19)(H,21,22). The molecule has 0 aromatic heterocycles. The Morgan fingerprint density at radius 1 is 1.05 bits per heavy atom. The van der Waals surface area contributed by atoms with Crippen LogP contribution in [-0.2, 0) is 14.4 Å². The number of carboxylic acid groups (broad SMARTS) is 1. The Morgan fingerprint density at radius 3 is 2.27 bits per heavy atom. The summed E-state index contributed by atoms with van der Waals surface area (Å²) in [7, 11) is 0. The first-order valence-corrected chi connectivity index (χ1v) is 8.33. The summed E-state index contributed by atoms with van der Waals surface area (Å²) < 4.78 is 0. The zero-order valence-electron chi connectivity index (χ0n) is 13.1. The molecule has 6 heteroatoms. The number of nitrogens with one attached hydrogen (secondary N) is 1. The fourth-order valence-corrected chi connectivity index (χ4v) is 3.38. The molecule has 1 aliphatic carbocycles. The molecule has 2 aliphatic rings. The Balaban J connectivity index is 1.60. The molecule has 0 bridgehead atoms. The molecule has 0 atom stereocenters. The van der Waals surface area contributed by atoms with Crippen LogP contribution in [0.15, 0.2) is 0 Å². The van der Waals surface area contributed by atoms with Crippen LogP contribution in [-0.4, -0.2) is 47.4 Å². The predicted molar refractivity (Wildman–Crippen MR) is 81.1 cm³/mol. The van der Waals surface area contributed by atoms with Gasteiger partial charge in [0, 0.05) is 19.5 Å². The molecule has 1 saturated carbocycles. The van der Waals surface area contributed by atoms with E-state index in [2.05, 4.69) is 5.32 Å². The number of carbonyl (C=O) groups is 3. The summed E-state index contributed by atoms with van der Waals surface area (Å²) in [4.78, 5) is 36.3. The number of aliphatic carboxylic acids is 1. The second-order valence-corrected chi connectivity index (χ2v) is 6.46. The van der Waals surface area contributed by atoms with E-state index in [4.69, 9.17) is 5.11 Å². The first-order valence-electron chi connectivity index (χ1n) is 8.33. The molecule has 0 aromatic rings. The van der Waals surface area contributed by atoms with Gasteiger partial charge in [0.2, 0.25) is 11.8 Å². The zero-order valence-corrected chi connectivity index (χ0v) is 13.1. The monoisotopic (exact) mass is 310 g/mol. The van der Waals surface area contributed by atoms with Gasteiger partial charge in [0.05, 0.1) is 12.5 Å². The number of likely N-dealkylation sites (tertiary alicyclic amines) is 1. The van der Waals surface area contributed by atoms with E-state index >= 15 is 0 Å². The van der Waals surface area contributed by atoms with Crippen LogP contribution in [0.4, 0.5) is 0 Å². The largest absolute Gasteiger partial charge is 0.481 e. The zero-order chi connectivity index (χ0) is 15.9. The highest BCUT2D eigenvalue weighted by Crippen LogP contribution is 2.28. The molecule has 1 heterocycles. The molecule has 0 radical (unpaired) electrons. The fourth-order valence-electron chi connectivity index (χ4n) is 3.38. The lowest BCUT2D eigenvalue weighted by atomic mass is 9.97. The van der Waals surface area contributed by atoms with Gasteiger partial charge in [0.1, 0.15) is 0 Å². The minimum atomic E-state index is -0.785. The molecule has 6 nitrogen and oxygen atoms in total. The minimum absolute atomic E-state index is 0.0290. The Bertz CT molecular complexity index is 410. The lowest BCUT2D eigenvalue weighted by molar-refractivity contribution is -0.145. The van der Waals surface area contributed by atoms with Crippen molar-refractivity contribution >= 4 is 17.8 Å². The van der Waals surface area contributed by atoms with Crippen molar-refractivity contribution < 1.29 is 19.5 Å². The average Bonchev–Trinajstić information content (AvgIpc) is 3.04. The van der Waals surface area contributed by atoms with E-state index in [-0.39, 0.29) is 24.3 Å². The quantitative estimate of drug-likeness (QED) is 0.776. The Labute approximate surface area is 131 Å². The van der Waals surface area contributed by atoms with Crippen LogP contribution >= 0.6 is 0 Å². The third-order valence-corrected chi connectivity index (χ3v) is 4.89. The third-order valence-electron chi connectivity index (χ3n) is 4.89. The number of hydrogen-bond acceptors (Lipinski definition) is 3. The lowest BCUT2D eigenvalue weighted by Crippen LogP contribution is -2.45. The highest BCUT2D eigenvalue weighted by molar-refractivity contribution is 5.84. The van der Waals surface area contributed by atoms with Crippen molar-refractivity contribution in [3.63, 3.8) is 0 Å². The van der Waals surface area contributed by atoms with Crippen molar-refractivity contribution in [1.82, 2.24) is 10.2 Å². The van der Waals surface area contributed by atoms with Crippen LogP contribution in [0, 0.1) is 11.8 Å². The maximum absolute atomic E-state index is 12.0. The highest BCUT2D eigenvalue weighted by atomic mass is 16.4. The molecule has 1 aliphatic heterocycles. The van der Waals surface area contributed by atoms with Crippen molar-refractivity contribution in [1.29, 1.82) is 0 Å². The molecule has 124 valence electrons. The van der Waals surface area contributed by atoms with Gasteiger partial charge in [-0.15, -0.1) is 0 Å². The summed E-state index contributed by atoms with van der Waals surface area (Å²) in [5.41, 5.74) is 0. The second kappa shape index (κ2) is 8.15. The summed E-state index contributed by atoms with van der Waals surface area (Å²) >= 11 is 0. The molecule has 0 aromatic carbocycles. The van der Waals surface area contributed by atoms with Gasteiger partial charge in [-0.05, 0) is 25.2 Å². The van der Waals surface area contributed by atoms with Crippen LogP contribution in [0.5, 0.6) is 0 Å². The minimum Gasteiger partial charge on any atom is -0.481 e. The number of nitrogens with zero attached hydrogens (tertiary/aromatic N) is 1. The van der Waals surface area contributed by atoms with Gasteiger partial charge in [0.15, 0.2) is 0 Å². The second-order valence-electron chi connectivity index (χ2n) is 6.46. The van der Waals surface area contributed by atoms with Crippen LogP contribution < -0.4 is 5.32 Å². The number of hydrogen-bond donors (Lipinski definition) is 2. The van der Waals surface area contributed by atoms with E-state index in [9.17, 15) is 14.4 Å². The van der Waals surface area contributed by atoms with Crippen LogP contribution in [0.2, 0.25) is 0 Å². The van der Waals surface area contributed by atoms with E-state index in [0.717, 1.165) is 6.42 Å². The van der Waals surface area contributed by atoms with E-state index in [1.165, 1.54) is 25.7 Å². The molecular weight excluding hydrogens is 284 g/mol. The normalized spacial score (nSPS) is 20.1. The molecular formula is C16H26N2O4. The summed E-state index contributed by atoms with van der Waals surface area (Å²) in [6.45, 7) is 0.961. The topological polar surface area (TPSA) is 86.7 Å². The molecule has 2 rings (SSSR count). The van der Waals surface area contributed by atoms with E-state index in [1.807, 2.05) is 0 Å². The molecule has 2 N–H and O–H groups in total. The van der Waals surface area contributed by atoms with Gasteiger partial charge >= 0.3 is 5.97 Å². The van der Waals surface area contributed by atoms with Crippen molar-refractivity contribution in [2.75, 3.05) is 19.6 Å². The molecule has 0 spiro atoms. The first kappa shape index (κ1) is 16.8. The van der Waals surface area contributed by atoms with Crippen LogP contribution in [0.1, 0.15) is 51.4 Å². The lowest BCUT2D eigenvalue weighted by Gasteiger charge is -2.30. The highest BCUT2D eigenvalue weighted by Gasteiger charge is 2.27. The Kier molecular flexibility index (Phi) is 6.21. The average molecular weight is 310 g/mol. The first-order chi connectivity index (χ1) is 10.6. The van der Waals surface area contributed by atoms with E-state index < -0.39 is 5.97 Å². The number of piperidine rings is 1. The van der Waals surface area contributed by atoms with Gasteiger partial charge in [-0.2, -0.15) is 0 Å². The van der Waals surface area contributed by atoms with Crippen molar-refractivity contribution in [2.24, 2.45) is 11.8 Å². The van der Waals surface area contributed by atoms with Crippen molar-refractivity contribution in [2.45, 2.75) is 51.4 Å². The molecule has 1 saturated heterocycles. The summed E-state index contributed by atoms with van der Waals surface area (Å²) in [6, 6.07) is 0. The van der Waals surface area contributed by atoms with Gasteiger partial charge < -0.3 is 15.3 Å². The van der Waals surface area contributed by atoms with Crippen LogP contribution in [0.25, 0.3) is 0 Å². The third kappa shape index (κ3) is 5.00. The number of carbonyl (C=O) groups excluding carboxylic acids is 2. The summed E-state index contributed by atoms with van der Waals surface area (Å²) in [6.07, 6.45) is 7.42. The van der Waals surface area contributed by atoms with Gasteiger partial charge in [-0.25, -0.2) is 0 Å². The molecule has 0 unspecified atom stereocenters. The molecule has 2 amide bonds. The Hall–Kier alpha value is -1.59. The van der Waals surface area contributed by atoms with Crippen molar-refractivity contribution in [3.8, 4) is 0 Å². The maximum atomic E-state index is 12.0. The van der Waals surface area contributed by atoms with E-state index in [0.29, 0.717) is 38.3 Å². The van der Waals surface area contributed by atoms with Crippen LogP contribution in [0.3, 0.4) is 0 Å². The molecule has 22 heavy (non-hydrogen) atoms. The number of carboxylic acids is 1. The molecule has 2 fully saturated rings. The fraction of sp³-hybridized carbons (Fsp3) is 0.812. The number of amides is 2. The smallest absolute Gasteiger partial charge is 0.306 e.